The van der Waals surface area contributed by atoms with E-state index in [2.05, 4.69) is 15.9 Å². The van der Waals surface area contributed by atoms with Gasteiger partial charge in [0.05, 0.1) is 11.4 Å². The smallest absolute Gasteiger partial charge is 0.150 e. The summed E-state index contributed by atoms with van der Waals surface area (Å²) in [5.41, 5.74) is 12.1. The van der Waals surface area contributed by atoms with Gasteiger partial charge in [0, 0.05) is 10.0 Å². The Morgan fingerprint density at radius 2 is 1.47 bits per heavy atom. The Morgan fingerprint density at radius 3 is 1.95 bits per heavy atom. The van der Waals surface area contributed by atoms with E-state index >= 15 is 0 Å². The molecule has 0 saturated carbocycles. The Labute approximate surface area is 119 Å². The molecule has 2 rings (SSSR count). The molecule has 102 valence electrons. The fourth-order valence-electron chi connectivity index (χ4n) is 1.35. The molecule has 0 aliphatic rings. The molecule has 0 heterocycles. The van der Waals surface area contributed by atoms with Crippen molar-refractivity contribution in [1.82, 2.24) is 0 Å². The summed E-state index contributed by atoms with van der Waals surface area (Å²) in [5.74, 6) is -0.646. The van der Waals surface area contributed by atoms with Crippen molar-refractivity contribution in [2.75, 3.05) is 11.5 Å². The average Bonchev–Trinajstić information content (AvgIpc) is 2.39. The van der Waals surface area contributed by atoms with Gasteiger partial charge in [0.25, 0.3) is 0 Å². The summed E-state index contributed by atoms with van der Waals surface area (Å²) in [7, 11) is 0. The number of hydrogen-bond donors (Lipinski definition) is 2. The van der Waals surface area contributed by atoms with Crippen LogP contribution in [0.1, 0.15) is 11.1 Å². The number of nitrogen functional groups attached to an aromatic ring is 2. The Balaban J connectivity index is 0.000000191. The third-order valence-corrected chi connectivity index (χ3v) is 3.43. The minimum absolute atomic E-state index is 0.195. The van der Waals surface area contributed by atoms with Crippen LogP contribution in [0.15, 0.2) is 34.8 Å². The van der Waals surface area contributed by atoms with Gasteiger partial charge in [0.2, 0.25) is 0 Å². The van der Waals surface area contributed by atoms with E-state index in [1.807, 2.05) is 0 Å². The molecule has 0 atom stereocenters. The van der Waals surface area contributed by atoms with Gasteiger partial charge in [-0.1, -0.05) is 28.1 Å². The molecule has 0 saturated heterocycles. The average molecular weight is 329 g/mol. The lowest BCUT2D eigenvalue weighted by Gasteiger charge is -2.01. The zero-order valence-corrected chi connectivity index (χ0v) is 12.3. The minimum atomic E-state index is -0.339. The van der Waals surface area contributed by atoms with E-state index in [0.717, 1.165) is 4.47 Å². The van der Waals surface area contributed by atoms with E-state index in [4.69, 9.17) is 11.5 Å². The molecular formula is C14H15BrF2N2. The molecular weight excluding hydrogens is 314 g/mol. The lowest BCUT2D eigenvalue weighted by atomic mass is 10.2. The van der Waals surface area contributed by atoms with E-state index in [-0.39, 0.29) is 23.0 Å². The van der Waals surface area contributed by atoms with Crippen LogP contribution in [0.25, 0.3) is 0 Å². The number of nitrogens with two attached hydrogens (primary N) is 2. The Morgan fingerprint density at radius 1 is 0.895 bits per heavy atom. The standard InChI is InChI=1S/C7H7BrFN.C7H8FN/c1-4-5(8)2-3-6(10)7(4)9;1-5-3-2-4-6(9)7(5)8/h2-3H,10H2,1H3;2-4H,9H2,1H3. The fraction of sp³-hybridized carbons (Fsp3) is 0.143. The van der Waals surface area contributed by atoms with E-state index in [9.17, 15) is 8.78 Å². The minimum Gasteiger partial charge on any atom is -0.396 e. The van der Waals surface area contributed by atoms with Crippen molar-refractivity contribution < 1.29 is 8.78 Å². The Hall–Kier alpha value is -1.62. The highest BCUT2D eigenvalue weighted by Gasteiger charge is 2.03. The summed E-state index contributed by atoms with van der Waals surface area (Å²) in [6, 6.07) is 8.22. The molecule has 0 radical (unpaired) electrons. The second-order valence-corrected chi connectivity index (χ2v) is 4.91. The van der Waals surface area contributed by atoms with Crippen molar-refractivity contribution in [1.29, 1.82) is 0 Å². The first kappa shape index (κ1) is 15.4. The lowest BCUT2D eigenvalue weighted by Crippen LogP contribution is -1.93. The molecule has 0 bridgehead atoms. The van der Waals surface area contributed by atoms with E-state index in [1.165, 1.54) is 6.07 Å². The van der Waals surface area contributed by atoms with Gasteiger partial charge in [-0.3, -0.25) is 0 Å². The summed E-state index contributed by atoms with van der Waals surface area (Å²) in [4.78, 5) is 0. The molecule has 19 heavy (non-hydrogen) atoms. The molecule has 2 aromatic carbocycles. The van der Waals surface area contributed by atoms with Crippen molar-refractivity contribution in [3.05, 3.63) is 57.6 Å². The molecule has 2 nitrogen and oxygen atoms in total. The Kier molecular flexibility index (Phi) is 5.30. The number of aryl methyl sites for hydroxylation is 1. The predicted octanol–water partition coefficient (Wildman–Crippen LogP) is 4.20. The lowest BCUT2D eigenvalue weighted by molar-refractivity contribution is 0.622. The van der Waals surface area contributed by atoms with Gasteiger partial charge < -0.3 is 11.5 Å². The van der Waals surface area contributed by atoms with Gasteiger partial charge in [0.15, 0.2) is 0 Å². The maximum atomic E-state index is 12.8. The van der Waals surface area contributed by atoms with Crippen LogP contribution in [0, 0.1) is 25.5 Å². The fourth-order valence-corrected chi connectivity index (χ4v) is 1.66. The maximum absolute atomic E-state index is 12.8. The van der Waals surface area contributed by atoms with Crippen molar-refractivity contribution in [2.45, 2.75) is 13.8 Å². The van der Waals surface area contributed by atoms with Gasteiger partial charge in [-0.15, -0.1) is 0 Å². The van der Waals surface area contributed by atoms with Crippen LogP contribution in [-0.4, -0.2) is 0 Å². The van der Waals surface area contributed by atoms with E-state index in [1.54, 1.807) is 38.1 Å². The van der Waals surface area contributed by atoms with Crippen LogP contribution < -0.4 is 11.5 Å². The first-order valence-electron chi connectivity index (χ1n) is 5.55. The van der Waals surface area contributed by atoms with Crippen LogP contribution in [0.2, 0.25) is 0 Å². The third-order valence-electron chi connectivity index (χ3n) is 2.57. The highest BCUT2D eigenvalue weighted by Crippen LogP contribution is 2.22. The molecule has 5 heteroatoms. The van der Waals surface area contributed by atoms with Gasteiger partial charge in [-0.2, -0.15) is 0 Å². The normalized spacial score (nSPS) is 9.74. The summed E-state index contributed by atoms with van der Waals surface area (Å²) in [6.07, 6.45) is 0. The highest BCUT2D eigenvalue weighted by atomic mass is 79.9. The monoisotopic (exact) mass is 328 g/mol. The summed E-state index contributed by atoms with van der Waals surface area (Å²) in [6.45, 7) is 3.36. The molecule has 2 aromatic rings. The molecule has 0 amide bonds. The van der Waals surface area contributed by atoms with Crippen LogP contribution in [0.5, 0.6) is 0 Å². The van der Waals surface area contributed by atoms with Crippen molar-refractivity contribution in [3.8, 4) is 0 Å². The van der Waals surface area contributed by atoms with Gasteiger partial charge in [0.1, 0.15) is 11.6 Å². The SMILES string of the molecule is Cc1c(Br)ccc(N)c1F.Cc1cccc(N)c1F. The number of halogens is 3. The van der Waals surface area contributed by atoms with Crippen molar-refractivity contribution in [2.24, 2.45) is 0 Å². The first-order valence-corrected chi connectivity index (χ1v) is 6.34. The second kappa shape index (κ2) is 6.52. The third kappa shape index (κ3) is 3.92. The second-order valence-electron chi connectivity index (χ2n) is 4.05. The number of hydrogen-bond acceptors (Lipinski definition) is 2. The van der Waals surface area contributed by atoms with Gasteiger partial charge >= 0.3 is 0 Å². The zero-order valence-electron chi connectivity index (χ0n) is 10.7. The van der Waals surface area contributed by atoms with E-state index in [0.29, 0.717) is 11.1 Å². The van der Waals surface area contributed by atoms with Crippen molar-refractivity contribution >= 4 is 27.3 Å². The molecule has 4 N–H and O–H groups in total. The first-order chi connectivity index (χ1) is 8.84. The van der Waals surface area contributed by atoms with Crippen LogP contribution in [0.3, 0.4) is 0 Å². The zero-order chi connectivity index (χ0) is 14.6. The number of anilines is 2. The number of benzene rings is 2. The largest absolute Gasteiger partial charge is 0.396 e. The van der Waals surface area contributed by atoms with Gasteiger partial charge in [-0.05, 0) is 37.6 Å². The predicted molar refractivity (Wildman–Crippen MR) is 78.8 cm³/mol. The molecule has 0 unspecified atom stereocenters. The van der Waals surface area contributed by atoms with Gasteiger partial charge in [-0.25, -0.2) is 8.78 Å². The van der Waals surface area contributed by atoms with Crippen LogP contribution in [-0.2, 0) is 0 Å². The molecule has 0 aliphatic carbocycles. The van der Waals surface area contributed by atoms with Crippen LogP contribution in [0.4, 0.5) is 20.2 Å². The highest BCUT2D eigenvalue weighted by molar-refractivity contribution is 9.10. The quantitative estimate of drug-likeness (QED) is 0.712. The Bertz CT molecular complexity index is 539. The summed E-state index contributed by atoms with van der Waals surface area (Å²) in [5, 5.41) is 0. The maximum Gasteiger partial charge on any atom is 0.150 e. The molecule has 0 aromatic heterocycles. The van der Waals surface area contributed by atoms with Crippen LogP contribution >= 0.6 is 15.9 Å². The summed E-state index contributed by atoms with van der Waals surface area (Å²) >= 11 is 3.18. The molecule has 0 fully saturated rings. The molecule has 0 aliphatic heterocycles. The van der Waals surface area contributed by atoms with Crippen molar-refractivity contribution in [3.63, 3.8) is 0 Å². The molecule has 0 spiro atoms. The summed E-state index contributed by atoms with van der Waals surface area (Å²) < 4.78 is 26.2. The number of rotatable bonds is 0. The topological polar surface area (TPSA) is 52.0 Å². The van der Waals surface area contributed by atoms with E-state index < -0.39 is 0 Å².